The number of rotatable bonds is 4. The lowest BCUT2D eigenvalue weighted by Crippen LogP contribution is -2.53. The van der Waals surface area contributed by atoms with E-state index in [0.29, 0.717) is 24.5 Å². The van der Waals surface area contributed by atoms with E-state index in [4.69, 9.17) is 0 Å². The van der Waals surface area contributed by atoms with Crippen molar-refractivity contribution in [3.05, 3.63) is 0 Å². The molecule has 3 rings (SSSR count). The fourth-order valence-corrected chi connectivity index (χ4v) is 3.96. The molecule has 2 bridgehead atoms. The van der Waals surface area contributed by atoms with Gasteiger partial charge in [0.15, 0.2) is 0 Å². The molecule has 3 unspecified atom stereocenters. The number of carbonyl (C=O) groups is 2. The van der Waals surface area contributed by atoms with Crippen LogP contribution < -0.4 is 10.6 Å². The Morgan fingerprint density at radius 2 is 1.89 bits per heavy atom. The smallest absolute Gasteiger partial charge is 0.244 e. The highest BCUT2D eigenvalue weighted by Crippen LogP contribution is 2.31. The molecule has 3 aliphatic heterocycles. The highest BCUT2D eigenvalue weighted by Gasteiger charge is 2.42. The summed E-state index contributed by atoms with van der Waals surface area (Å²) in [4.78, 5) is 25.7. The molecule has 106 valence electrons. The third-order valence-electron chi connectivity index (χ3n) is 4.74. The summed E-state index contributed by atoms with van der Waals surface area (Å²) in [6.45, 7) is 3.05. The summed E-state index contributed by atoms with van der Waals surface area (Å²) >= 11 is 0. The van der Waals surface area contributed by atoms with Gasteiger partial charge in [-0.1, -0.05) is 6.92 Å². The van der Waals surface area contributed by atoms with Gasteiger partial charge in [-0.2, -0.15) is 0 Å². The molecular weight excluding hydrogens is 242 g/mol. The van der Waals surface area contributed by atoms with Crippen molar-refractivity contribution in [3.63, 3.8) is 0 Å². The Morgan fingerprint density at radius 1 is 1.21 bits per heavy atom. The Bertz CT molecular complexity index is 373. The highest BCUT2D eigenvalue weighted by atomic mass is 16.2. The maximum Gasteiger partial charge on any atom is 0.244 e. The van der Waals surface area contributed by atoms with Crippen molar-refractivity contribution in [3.8, 4) is 0 Å². The van der Waals surface area contributed by atoms with E-state index in [9.17, 15) is 9.59 Å². The second-order valence-electron chi connectivity index (χ2n) is 6.13. The van der Waals surface area contributed by atoms with E-state index in [1.807, 2.05) is 0 Å². The van der Waals surface area contributed by atoms with Gasteiger partial charge >= 0.3 is 0 Å². The molecule has 0 saturated carbocycles. The zero-order valence-corrected chi connectivity index (χ0v) is 11.5. The van der Waals surface area contributed by atoms with E-state index in [2.05, 4.69) is 22.5 Å². The summed E-state index contributed by atoms with van der Waals surface area (Å²) in [6, 6.07) is 1.46. The number of piperidine rings is 1. The minimum Gasteiger partial charge on any atom is -0.311 e. The van der Waals surface area contributed by atoms with Crippen molar-refractivity contribution < 1.29 is 9.59 Å². The summed E-state index contributed by atoms with van der Waals surface area (Å²) in [6.07, 6.45) is 6.13. The number of imide groups is 1. The topological polar surface area (TPSA) is 61.4 Å². The molecule has 5 heteroatoms. The zero-order valence-electron chi connectivity index (χ0n) is 11.5. The average Bonchev–Trinajstić information content (AvgIpc) is 2.88. The fourth-order valence-electron chi connectivity index (χ4n) is 3.96. The van der Waals surface area contributed by atoms with Crippen molar-refractivity contribution in [2.24, 2.45) is 0 Å². The Kier molecular flexibility index (Phi) is 3.58. The van der Waals surface area contributed by atoms with Crippen LogP contribution >= 0.6 is 0 Å². The lowest BCUT2D eigenvalue weighted by atomic mass is 9.96. The van der Waals surface area contributed by atoms with Crippen LogP contribution in [0.5, 0.6) is 0 Å². The third-order valence-corrected chi connectivity index (χ3v) is 4.74. The van der Waals surface area contributed by atoms with E-state index < -0.39 is 0 Å². The molecular formula is C14H23N3O2. The number of hydrogen-bond donors (Lipinski definition) is 2. The number of hydrogen-bond acceptors (Lipinski definition) is 4. The lowest BCUT2D eigenvalue weighted by Gasteiger charge is -2.39. The van der Waals surface area contributed by atoms with Crippen LogP contribution in [0.1, 0.15) is 45.4 Å². The number of nitrogens with one attached hydrogen (secondary N) is 2. The van der Waals surface area contributed by atoms with Crippen molar-refractivity contribution in [2.45, 2.75) is 69.6 Å². The van der Waals surface area contributed by atoms with Crippen LogP contribution in [0.25, 0.3) is 0 Å². The zero-order chi connectivity index (χ0) is 13.4. The normalized spacial score (nSPS) is 38.0. The summed E-state index contributed by atoms with van der Waals surface area (Å²) in [5.41, 5.74) is 0. The van der Waals surface area contributed by atoms with Gasteiger partial charge in [0.05, 0.1) is 12.5 Å². The van der Waals surface area contributed by atoms with Crippen LogP contribution in [0.4, 0.5) is 0 Å². The Morgan fingerprint density at radius 3 is 2.42 bits per heavy atom. The van der Waals surface area contributed by atoms with Crippen LogP contribution in [-0.2, 0) is 9.59 Å². The molecule has 2 N–H and O–H groups in total. The Balaban J connectivity index is 1.73. The van der Waals surface area contributed by atoms with E-state index in [1.165, 1.54) is 12.8 Å². The predicted octanol–water partition coefficient (Wildman–Crippen LogP) is 0.397. The van der Waals surface area contributed by atoms with Gasteiger partial charge in [0.1, 0.15) is 0 Å². The van der Waals surface area contributed by atoms with Crippen molar-refractivity contribution >= 4 is 11.8 Å². The minimum atomic E-state index is -0.227. The van der Waals surface area contributed by atoms with Crippen molar-refractivity contribution in [1.29, 1.82) is 0 Å². The standard InChI is InChI=1S/C14H23N3O2/c1-2-5-17(12-8-13(18)16-14(12)19)11-6-9-3-4-10(7-11)15-9/h9-12,15H,2-8H2,1H3,(H,16,18,19). The Hall–Kier alpha value is -0.940. The molecule has 0 spiro atoms. The van der Waals surface area contributed by atoms with Crippen LogP contribution in [0.15, 0.2) is 0 Å². The van der Waals surface area contributed by atoms with E-state index >= 15 is 0 Å². The molecule has 3 saturated heterocycles. The van der Waals surface area contributed by atoms with E-state index in [-0.39, 0.29) is 17.9 Å². The van der Waals surface area contributed by atoms with E-state index in [1.54, 1.807) is 0 Å². The molecule has 3 fully saturated rings. The van der Waals surface area contributed by atoms with Gasteiger partial charge < -0.3 is 5.32 Å². The summed E-state index contributed by atoms with van der Waals surface area (Å²) in [5.74, 6) is -0.211. The summed E-state index contributed by atoms with van der Waals surface area (Å²) in [5, 5.41) is 6.08. The molecule has 0 aromatic rings. The van der Waals surface area contributed by atoms with Gasteiger partial charge in [0.2, 0.25) is 11.8 Å². The predicted molar refractivity (Wildman–Crippen MR) is 71.5 cm³/mol. The van der Waals surface area contributed by atoms with Crippen LogP contribution in [0, 0.1) is 0 Å². The van der Waals surface area contributed by atoms with E-state index in [0.717, 1.165) is 25.8 Å². The molecule has 5 nitrogen and oxygen atoms in total. The van der Waals surface area contributed by atoms with Gasteiger partial charge in [-0.3, -0.25) is 19.8 Å². The quantitative estimate of drug-likeness (QED) is 0.722. The average molecular weight is 265 g/mol. The minimum absolute atomic E-state index is 0.0932. The first kappa shape index (κ1) is 13.1. The second-order valence-corrected chi connectivity index (χ2v) is 6.13. The molecule has 3 atom stereocenters. The summed E-state index contributed by atoms with van der Waals surface area (Å²) < 4.78 is 0. The van der Waals surface area contributed by atoms with Crippen molar-refractivity contribution in [2.75, 3.05) is 6.54 Å². The van der Waals surface area contributed by atoms with Gasteiger partial charge in [-0.25, -0.2) is 0 Å². The number of fused-ring (bicyclic) bond motifs is 2. The molecule has 2 amide bonds. The van der Waals surface area contributed by atoms with Crippen LogP contribution in [0.2, 0.25) is 0 Å². The van der Waals surface area contributed by atoms with Crippen LogP contribution in [-0.4, -0.2) is 47.4 Å². The molecule has 3 aliphatic rings. The Labute approximate surface area is 114 Å². The maximum absolute atomic E-state index is 11.9. The van der Waals surface area contributed by atoms with Gasteiger partial charge in [-0.15, -0.1) is 0 Å². The largest absolute Gasteiger partial charge is 0.311 e. The van der Waals surface area contributed by atoms with Gasteiger partial charge in [0.25, 0.3) is 0 Å². The second kappa shape index (κ2) is 5.21. The molecule has 19 heavy (non-hydrogen) atoms. The fraction of sp³-hybridized carbons (Fsp3) is 0.857. The number of carbonyl (C=O) groups excluding carboxylic acids is 2. The van der Waals surface area contributed by atoms with Crippen molar-refractivity contribution in [1.82, 2.24) is 15.5 Å². The maximum atomic E-state index is 11.9. The van der Waals surface area contributed by atoms with Crippen LogP contribution in [0.3, 0.4) is 0 Å². The summed E-state index contributed by atoms with van der Waals surface area (Å²) in [7, 11) is 0. The first-order chi connectivity index (χ1) is 9.17. The van der Waals surface area contributed by atoms with Gasteiger partial charge in [0, 0.05) is 18.1 Å². The molecule has 3 heterocycles. The SMILES string of the molecule is CCCN(C1CC2CCC(C1)N2)C1CC(=O)NC1=O. The third kappa shape index (κ3) is 2.54. The van der Waals surface area contributed by atoms with Gasteiger partial charge in [-0.05, 0) is 38.6 Å². The highest BCUT2D eigenvalue weighted by molar-refractivity contribution is 6.05. The monoisotopic (exact) mass is 265 g/mol. The number of amides is 2. The molecule has 0 aromatic carbocycles. The first-order valence-corrected chi connectivity index (χ1v) is 7.53. The lowest BCUT2D eigenvalue weighted by molar-refractivity contribution is -0.126. The molecule has 0 radical (unpaired) electrons. The number of nitrogens with zero attached hydrogens (tertiary/aromatic N) is 1. The molecule has 0 aliphatic carbocycles. The first-order valence-electron chi connectivity index (χ1n) is 7.53. The molecule has 0 aromatic heterocycles.